The molecule has 1 saturated carbocycles. The first-order valence-corrected chi connectivity index (χ1v) is 8.77. The number of anilines is 1. The fourth-order valence-electron chi connectivity index (χ4n) is 3.65. The Morgan fingerprint density at radius 2 is 2.19 bits per heavy atom. The van der Waals surface area contributed by atoms with Gasteiger partial charge in [0.2, 0.25) is 5.91 Å². The summed E-state index contributed by atoms with van der Waals surface area (Å²) < 4.78 is 15.7. The van der Waals surface area contributed by atoms with Crippen molar-refractivity contribution in [2.75, 3.05) is 18.0 Å². The summed E-state index contributed by atoms with van der Waals surface area (Å²) in [6.07, 6.45) is 6.30. The largest absolute Gasteiger partial charge is 0.366 e. The molecule has 2 fully saturated rings. The van der Waals surface area contributed by atoms with E-state index < -0.39 is 5.82 Å². The van der Waals surface area contributed by atoms with E-state index in [-0.39, 0.29) is 29.5 Å². The van der Waals surface area contributed by atoms with E-state index in [4.69, 9.17) is 0 Å². The van der Waals surface area contributed by atoms with Crippen LogP contribution in [-0.2, 0) is 4.79 Å². The number of carbonyl (C=O) groups excluding carboxylic acids is 1. The maximum atomic E-state index is 14.0. The summed E-state index contributed by atoms with van der Waals surface area (Å²) >= 11 is 0. The summed E-state index contributed by atoms with van der Waals surface area (Å²) in [5.41, 5.74) is 0.564. The Labute approximate surface area is 150 Å². The van der Waals surface area contributed by atoms with E-state index in [0.717, 1.165) is 19.3 Å². The molecule has 2 aromatic rings. The summed E-state index contributed by atoms with van der Waals surface area (Å²) in [6.45, 7) is 0.998. The topological polar surface area (TPSA) is 86.8 Å². The van der Waals surface area contributed by atoms with Crippen molar-refractivity contribution in [1.82, 2.24) is 20.3 Å². The lowest BCUT2D eigenvalue weighted by Crippen LogP contribution is -2.45. The number of amides is 1. The molecule has 0 bridgehead atoms. The van der Waals surface area contributed by atoms with Crippen LogP contribution in [0.4, 0.5) is 10.1 Å². The second-order valence-electron chi connectivity index (χ2n) is 6.84. The van der Waals surface area contributed by atoms with Gasteiger partial charge in [0.25, 0.3) is 0 Å². The molecule has 2 atom stereocenters. The maximum Gasteiger partial charge on any atom is 0.223 e. The van der Waals surface area contributed by atoms with Gasteiger partial charge in [0.15, 0.2) is 0 Å². The lowest BCUT2D eigenvalue weighted by atomic mass is 9.84. The fourth-order valence-corrected chi connectivity index (χ4v) is 3.65. The molecule has 1 aromatic carbocycles. The average molecular weight is 354 g/mol. The van der Waals surface area contributed by atoms with Crippen molar-refractivity contribution < 1.29 is 9.18 Å². The number of halogens is 1. The van der Waals surface area contributed by atoms with Crippen LogP contribution >= 0.6 is 0 Å². The molecule has 0 radical (unpaired) electrons. The lowest BCUT2D eigenvalue weighted by Gasteiger charge is -2.27. The van der Waals surface area contributed by atoms with Crippen molar-refractivity contribution in [3.63, 3.8) is 0 Å². The van der Waals surface area contributed by atoms with E-state index in [1.54, 1.807) is 29.2 Å². The Bertz CT molecular complexity index is 842. The van der Waals surface area contributed by atoms with Crippen LogP contribution in [0.15, 0.2) is 30.6 Å². The normalized spacial score (nSPS) is 22.7. The van der Waals surface area contributed by atoms with Crippen molar-refractivity contribution in [2.45, 2.75) is 31.3 Å². The number of aromatic nitrogens is 3. The molecule has 7 nitrogen and oxygen atoms in total. The van der Waals surface area contributed by atoms with E-state index >= 15 is 0 Å². The van der Waals surface area contributed by atoms with Gasteiger partial charge in [-0.25, -0.2) is 9.07 Å². The Kier molecular flexibility index (Phi) is 4.29. The second kappa shape index (κ2) is 6.75. The molecule has 1 aliphatic carbocycles. The summed E-state index contributed by atoms with van der Waals surface area (Å²) in [7, 11) is 0. The molecular weight excluding hydrogens is 335 g/mol. The number of nitrogens with one attached hydrogen (secondary N) is 1. The van der Waals surface area contributed by atoms with Crippen LogP contribution in [0.1, 0.15) is 30.9 Å². The Hall–Kier alpha value is -2.95. The molecule has 2 aliphatic rings. The van der Waals surface area contributed by atoms with Crippen molar-refractivity contribution in [3.8, 4) is 6.07 Å². The monoisotopic (exact) mass is 354 g/mol. The van der Waals surface area contributed by atoms with E-state index in [2.05, 4.69) is 15.6 Å². The van der Waals surface area contributed by atoms with Crippen LogP contribution in [0, 0.1) is 23.1 Å². The van der Waals surface area contributed by atoms with Gasteiger partial charge in [-0.05, 0) is 25.0 Å². The highest BCUT2D eigenvalue weighted by molar-refractivity contribution is 5.80. The van der Waals surface area contributed by atoms with Gasteiger partial charge in [0, 0.05) is 25.2 Å². The van der Waals surface area contributed by atoms with Crippen LogP contribution in [0.2, 0.25) is 0 Å². The van der Waals surface area contributed by atoms with E-state index in [1.807, 2.05) is 11.0 Å². The average Bonchev–Trinajstić information content (AvgIpc) is 3.22. The third kappa shape index (κ3) is 2.90. The van der Waals surface area contributed by atoms with Gasteiger partial charge >= 0.3 is 0 Å². The number of carbonyl (C=O) groups is 1. The minimum absolute atomic E-state index is 0.0239. The zero-order valence-corrected chi connectivity index (χ0v) is 14.2. The molecule has 1 aliphatic heterocycles. The van der Waals surface area contributed by atoms with Crippen molar-refractivity contribution >= 4 is 11.6 Å². The standard InChI is InChI=1S/C18H19FN6O/c19-14-5-2-6-16(13(14)9-20)24-10-15(22-18(26)12-3-1-4-12)17(11-24)25-8-7-21-23-25/h2,5-8,12,15,17H,1,3-4,10-11H2,(H,22,26)/t15-,17+/m1/s1. The molecule has 0 unspecified atom stereocenters. The predicted molar refractivity (Wildman–Crippen MR) is 91.7 cm³/mol. The van der Waals surface area contributed by atoms with Gasteiger partial charge in [-0.3, -0.25) is 4.79 Å². The van der Waals surface area contributed by atoms with Crippen LogP contribution < -0.4 is 10.2 Å². The smallest absolute Gasteiger partial charge is 0.223 e. The number of benzene rings is 1. The second-order valence-corrected chi connectivity index (χ2v) is 6.84. The SMILES string of the molecule is N#Cc1c(F)cccc1N1C[C@@H](NC(=O)C2CCC2)[C@@H](n2ccnn2)C1. The number of nitrogens with zero attached hydrogens (tertiary/aromatic N) is 5. The molecule has 2 heterocycles. The van der Waals surface area contributed by atoms with Gasteiger partial charge in [0.1, 0.15) is 17.4 Å². The van der Waals surface area contributed by atoms with Gasteiger partial charge in [-0.2, -0.15) is 5.26 Å². The molecule has 1 N–H and O–H groups in total. The van der Waals surface area contributed by atoms with Crippen LogP contribution in [0.3, 0.4) is 0 Å². The van der Waals surface area contributed by atoms with E-state index in [9.17, 15) is 14.4 Å². The van der Waals surface area contributed by atoms with Crippen molar-refractivity contribution in [2.24, 2.45) is 5.92 Å². The molecule has 0 spiro atoms. The minimum Gasteiger partial charge on any atom is -0.366 e. The highest BCUT2D eigenvalue weighted by atomic mass is 19.1. The van der Waals surface area contributed by atoms with Crippen molar-refractivity contribution in [3.05, 3.63) is 42.0 Å². The molecule has 1 amide bonds. The first-order valence-electron chi connectivity index (χ1n) is 8.77. The summed E-state index contributed by atoms with van der Waals surface area (Å²) in [6, 6.07) is 6.24. The zero-order valence-electron chi connectivity index (χ0n) is 14.2. The maximum absolute atomic E-state index is 14.0. The Balaban J connectivity index is 1.60. The molecule has 1 aromatic heterocycles. The Morgan fingerprint density at radius 3 is 2.85 bits per heavy atom. The van der Waals surface area contributed by atoms with E-state index in [1.165, 1.54) is 6.07 Å². The van der Waals surface area contributed by atoms with Gasteiger partial charge in [-0.1, -0.05) is 17.7 Å². The molecule has 4 rings (SSSR count). The highest BCUT2D eigenvalue weighted by Crippen LogP contribution is 2.32. The first kappa shape index (κ1) is 16.5. The van der Waals surface area contributed by atoms with Crippen LogP contribution in [-0.4, -0.2) is 40.0 Å². The summed E-state index contributed by atoms with van der Waals surface area (Å²) in [4.78, 5) is 14.4. The summed E-state index contributed by atoms with van der Waals surface area (Å²) in [5, 5.41) is 20.4. The predicted octanol–water partition coefficient (Wildman–Crippen LogP) is 1.64. The lowest BCUT2D eigenvalue weighted by molar-refractivity contribution is -0.128. The minimum atomic E-state index is -0.538. The third-order valence-electron chi connectivity index (χ3n) is 5.32. The molecule has 1 saturated heterocycles. The Morgan fingerprint density at radius 1 is 1.35 bits per heavy atom. The fraction of sp³-hybridized carbons (Fsp3) is 0.444. The molecule has 26 heavy (non-hydrogen) atoms. The van der Waals surface area contributed by atoms with Gasteiger partial charge in [-0.15, -0.1) is 5.10 Å². The first-order chi connectivity index (χ1) is 12.7. The zero-order chi connectivity index (χ0) is 18.1. The molecular formula is C18H19FN6O. The third-order valence-corrected chi connectivity index (χ3v) is 5.32. The quantitative estimate of drug-likeness (QED) is 0.902. The number of hydrogen-bond donors (Lipinski definition) is 1. The van der Waals surface area contributed by atoms with Crippen LogP contribution in [0.25, 0.3) is 0 Å². The van der Waals surface area contributed by atoms with Gasteiger partial charge < -0.3 is 10.2 Å². The van der Waals surface area contributed by atoms with Crippen molar-refractivity contribution in [1.29, 1.82) is 5.26 Å². The van der Waals surface area contributed by atoms with Crippen LogP contribution in [0.5, 0.6) is 0 Å². The van der Waals surface area contributed by atoms with Gasteiger partial charge in [0.05, 0.1) is 24.0 Å². The number of rotatable bonds is 4. The van der Waals surface area contributed by atoms with E-state index in [0.29, 0.717) is 18.8 Å². The molecule has 8 heteroatoms. The molecule has 134 valence electrons. The highest BCUT2D eigenvalue weighted by Gasteiger charge is 2.38. The number of nitriles is 1. The number of hydrogen-bond acceptors (Lipinski definition) is 5. The summed E-state index contributed by atoms with van der Waals surface area (Å²) in [5.74, 6) is -0.387.